The lowest BCUT2D eigenvalue weighted by Gasteiger charge is -2.03. The van der Waals surface area contributed by atoms with Gasteiger partial charge in [-0.2, -0.15) is 0 Å². The Morgan fingerprint density at radius 3 is 2.27 bits per heavy atom. The first-order valence-corrected chi connectivity index (χ1v) is 4.83. The summed E-state index contributed by atoms with van der Waals surface area (Å²) in [5, 5.41) is 3.04. The molecule has 0 radical (unpaired) electrons. The lowest BCUT2D eigenvalue weighted by Crippen LogP contribution is -1.87. The Bertz CT molecular complexity index is 448. The summed E-state index contributed by atoms with van der Waals surface area (Å²) in [4.78, 5) is 0. The summed E-state index contributed by atoms with van der Waals surface area (Å²) in [6.07, 6.45) is 0. The molecular formula is C13H12FN. The largest absolute Gasteiger partial charge is 0.388 e. The summed E-state index contributed by atoms with van der Waals surface area (Å²) in [5.74, 6) is -0.204. The van der Waals surface area contributed by atoms with Crippen molar-refractivity contribution in [3.05, 3.63) is 54.3 Å². The summed E-state index contributed by atoms with van der Waals surface area (Å²) < 4.78 is 13.0. The molecule has 0 saturated carbocycles. The summed E-state index contributed by atoms with van der Waals surface area (Å²) in [7, 11) is 1.87. The zero-order valence-electron chi connectivity index (χ0n) is 8.50. The molecule has 1 N–H and O–H groups in total. The van der Waals surface area contributed by atoms with Crippen molar-refractivity contribution in [1.29, 1.82) is 0 Å². The van der Waals surface area contributed by atoms with E-state index in [1.54, 1.807) is 6.07 Å². The van der Waals surface area contributed by atoms with Crippen molar-refractivity contribution in [2.45, 2.75) is 0 Å². The van der Waals surface area contributed by atoms with Gasteiger partial charge in [-0.3, -0.25) is 0 Å². The van der Waals surface area contributed by atoms with E-state index in [9.17, 15) is 4.39 Å². The van der Waals surface area contributed by atoms with Gasteiger partial charge in [0.2, 0.25) is 0 Å². The fourth-order valence-electron chi connectivity index (χ4n) is 1.50. The monoisotopic (exact) mass is 201 g/mol. The molecule has 0 aliphatic rings. The van der Waals surface area contributed by atoms with E-state index in [1.807, 2.05) is 37.4 Å². The van der Waals surface area contributed by atoms with Crippen molar-refractivity contribution in [1.82, 2.24) is 0 Å². The maximum Gasteiger partial charge on any atom is 0.123 e. The average molecular weight is 201 g/mol. The number of nitrogens with one attached hydrogen (secondary N) is 1. The number of anilines is 1. The number of benzene rings is 2. The molecule has 1 nitrogen and oxygen atoms in total. The van der Waals surface area contributed by atoms with Crippen LogP contribution in [0.25, 0.3) is 11.1 Å². The molecule has 0 aromatic heterocycles. The van der Waals surface area contributed by atoms with Gasteiger partial charge in [0, 0.05) is 12.7 Å². The second-order valence-corrected chi connectivity index (χ2v) is 3.34. The van der Waals surface area contributed by atoms with Crippen LogP contribution in [-0.4, -0.2) is 7.05 Å². The van der Waals surface area contributed by atoms with Gasteiger partial charge in [-0.1, -0.05) is 24.3 Å². The van der Waals surface area contributed by atoms with E-state index in [0.29, 0.717) is 0 Å². The first-order chi connectivity index (χ1) is 7.29. The predicted molar refractivity (Wildman–Crippen MR) is 61.4 cm³/mol. The van der Waals surface area contributed by atoms with E-state index in [4.69, 9.17) is 0 Å². The van der Waals surface area contributed by atoms with Gasteiger partial charge in [-0.05, 0) is 35.4 Å². The van der Waals surface area contributed by atoms with E-state index >= 15 is 0 Å². The molecular weight excluding hydrogens is 189 g/mol. The maximum atomic E-state index is 13.0. The summed E-state index contributed by atoms with van der Waals surface area (Å²) in [6, 6.07) is 14.5. The van der Waals surface area contributed by atoms with Crippen molar-refractivity contribution in [2.24, 2.45) is 0 Å². The van der Waals surface area contributed by atoms with Crippen LogP contribution in [0.4, 0.5) is 10.1 Å². The fourth-order valence-corrected chi connectivity index (χ4v) is 1.50. The molecule has 0 heterocycles. The highest BCUT2D eigenvalue weighted by Gasteiger charge is 1.98. The fraction of sp³-hybridized carbons (Fsp3) is 0.0769. The minimum absolute atomic E-state index is 0.204. The zero-order valence-corrected chi connectivity index (χ0v) is 8.50. The van der Waals surface area contributed by atoms with Crippen molar-refractivity contribution >= 4 is 5.69 Å². The van der Waals surface area contributed by atoms with Gasteiger partial charge >= 0.3 is 0 Å². The molecule has 15 heavy (non-hydrogen) atoms. The summed E-state index contributed by atoms with van der Waals surface area (Å²) >= 11 is 0. The molecule has 2 aromatic carbocycles. The third-order valence-corrected chi connectivity index (χ3v) is 2.33. The maximum absolute atomic E-state index is 13.0. The molecule has 0 aliphatic heterocycles. The number of rotatable bonds is 2. The average Bonchev–Trinajstić information content (AvgIpc) is 2.29. The van der Waals surface area contributed by atoms with Crippen LogP contribution >= 0.6 is 0 Å². The predicted octanol–water partition coefficient (Wildman–Crippen LogP) is 3.53. The standard InChI is InChI=1S/C13H12FN/c1-15-13-7-5-10(6-8-13)11-3-2-4-12(14)9-11/h2-9,15H,1H3. The van der Waals surface area contributed by atoms with Crippen LogP contribution in [0.15, 0.2) is 48.5 Å². The number of hydrogen-bond acceptors (Lipinski definition) is 1. The second kappa shape index (κ2) is 4.13. The highest BCUT2D eigenvalue weighted by atomic mass is 19.1. The molecule has 0 unspecified atom stereocenters. The van der Waals surface area contributed by atoms with Gasteiger partial charge in [0.05, 0.1) is 0 Å². The van der Waals surface area contributed by atoms with Crippen LogP contribution in [-0.2, 0) is 0 Å². The Kier molecular flexibility index (Phi) is 2.68. The van der Waals surface area contributed by atoms with Crippen LogP contribution in [0.1, 0.15) is 0 Å². The third kappa shape index (κ3) is 2.15. The van der Waals surface area contributed by atoms with Gasteiger partial charge in [-0.25, -0.2) is 4.39 Å². The van der Waals surface area contributed by atoms with Crippen LogP contribution in [0, 0.1) is 5.82 Å². The van der Waals surface area contributed by atoms with E-state index in [2.05, 4.69) is 5.32 Å². The zero-order chi connectivity index (χ0) is 10.7. The quantitative estimate of drug-likeness (QED) is 0.783. The van der Waals surface area contributed by atoms with Crippen LogP contribution in [0.5, 0.6) is 0 Å². The number of halogens is 1. The minimum atomic E-state index is -0.204. The highest BCUT2D eigenvalue weighted by Crippen LogP contribution is 2.21. The molecule has 2 rings (SSSR count). The Labute approximate surface area is 88.6 Å². The van der Waals surface area contributed by atoms with Gasteiger partial charge in [0.25, 0.3) is 0 Å². The topological polar surface area (TPSA) is 12.0 Å². The van der Waals surface area contributed by atoms with E-state index in [-0.39, 0.29) is 5.82 Å². The molecule has 0 spiro atoms. The molecule has 0 bridgehead atoms. The van der Waals surface area contributed by atoms with Gasteiger partial charge in [0.15, 0.2) is 0 Å². The van der Waals surface area contributed by atoms with Crippen molar-refractivity contribution in [2.75, 3.05) is 12.4 Å². The van der Waals surface area contributed by atoms with Crippen LogP contribution < -0.4 is 5.32 Å². The first-order valence-electron chi connectivity index (χ1n) is 4.83. The second-order valence-electron chi connectivity index (χ2n) is 3.34. The lowest BCUT2D eigenvalue weighted by molar-refractivity contribution is 0.628. The summed E-state index contributed by atoms with van der Waals surface area (Å²) in [6.45, 7) is 0. The molecule has 0 atom stereocenters. The van der Waals surface area contributed by atoms with E-state index in [0.717, 1.165) is 16.8 Å². The van der Waals surface area contributed by atoms with Crippen molar-refractivity contribution < 1.29 is 4.39 Å². The lowest BCUT2D eigenvalue weighted by atomic mass is 10.1. The van der Waals surface area contributed by atoms with Gasteiger partial charge in [0.1, 0.15) is 5.82 Å². The van der Waals surface area contributed by atoms with Crippen LogP contribution in [0.3, 0.4) is 0 Å². The molecule has 2 aromatic rings. The van der Waals surface area contributed by atoms with Gasteiger partial charge < -0.3 is 5.32 Å². The smallest absolute Gasteiger partial charge is 0.123 e. The normalized spacial score (nSPS) is 10.0. The van der Waals surface area contributed by atoms with Gasteiger partial charge in [-0.15, -0.1) is 0 Å². The Balaban J connectivity index is 2.37. The Hall–Kier alpha value is -1.83. The Morgan fingerprint density at radius 1 is 0.933 bits per heavy atom. The molecule has 0 amide bonds. The molecule has 0 aliphatic carbocycles. The summed E-state index contributed by atoms with van der Waals surface area (Å²) in [5.41, 5.74) is 2.97. The molecule has 76 valence electrons. The highest BCUT2D eigenvalue weighted by molar-refractivity contribution is 5.65. The van der Waals surface area contributed by atoms with E-state index < -0.39 is 0 Å². The van der Waals surface area contributed by atoms with Crippen molar-refractivity contribution in [3.63, 3.8) is 0 Å². The Morgan fingerprint density at radius 2 is 1.67 bits per heavy atom. The number of hydrogen-bond donors (Lipinski definition) is 1. The third-order valence-electron chi connectivity index (χ3n) is 2.33. The van der Waals surface area contributed by atoms with Crippen LogP contribution in [0.2, 0.25) is 0 Å². The van der Waals surface area contributed by atoms with E-state index in [1.165, 1.54) is 12.1 Å². The molecule has 0 saturated heterocycles. The SMILES string of the molecule is CNc1ccc(-c2cccc(F)c2)cc1. The minimum Gasteiger partial charge on any atom is -0.388 e. The molecule has 0 fully saturated rings. The van der Waals surface area contributed by atoms with Crippen molar-refractivity contribution in [3.8, 4) is 11.1 Å². The molecule has 2 heteroatoms. The first kappa shape index (κ1) is 9.71.